The molecule has 1 aliphatic carbocycles. The largest absolute Gasteiger partial charge is 0.352 e. The fourth-order valence-electron chi connectivity index (χ4n) is 4.96. The van der Waals surface area contributed by atoms with Crippen LogP contribution in [-0.2, 0) is 13.6 Å². The van der Waals surface area contributed by atoms with Crippen molar-refractivity contribution >= 4 is 11.6 Å². The Bertz CT molecular complexity index is 1330. The summed E-state index contributed by atoms with van der Waals surface area (Å²) in [6.07, 6.45) is 11.6. The number of carbonyl (C=O) groups is 2. The lowest BCUT2D eigenvalue weighted by molar-refractivity contribution is 0.0809. The van der Waals surface area contributed by atoms with E-state index in [-0.39, 0.29) is 17.1 Å². The van der Waals surface area contributed by atoms with Gasteiger partial charge in [-0.3, -0.25) is 19.0 Å². The molecule has 35 heavy (non-hydrogen) atoms. The van der Waals surface area contributed by atoms with Crippen LogP contribution < -0.4 is 11.2 Å². The van der Waals surface area contributed by atoms with Crippen LogP contribution in [0.5, 0.6) is 0 Å². The van der Waals surface area contributed by atoms with Crippen LogP contribution in [0.4, 0.5) is 0 Å². The predicted octanol–water partition coefficient (Wildman–Crippen LogP) is 5.01. The summed E-state index contributed by atoms with van der Waals surface area (Å²) in [7, 11) is 1.39. The van der Waals surface area contributed by atoms with Gasteiger partial charge in [-0.2, -0.15) is 4.98 Å². The van der Waals surface area contributed by atoms with Crippen molar-refractivity contribution in [3.05, 3.63) is 62.4 Å². The molecular weight excluding hydrogens is 442 g/mol. The summed E-state index contributed by atoms with van der Waals surface area (Å²) < 4.78 is 2.61. The number of fused-ring (bicyclic) bond motifs is 4. The standard InChI is InChI=1S/C28H33N3O4/c1-3-4-5-6-7-8-9-10-11-14-17-31-23-21(18-22-26(31)29-28(35)30(2)27(22)34)19-15-12-13-16-20(19)24(32)25(23)33/h12-13,15-16,18H,3-11,14,17H2,1-2H3. The highest BCUT2D eigenvalue weighted by atomic mass is 16.2. The molecule has 0 aromatic heterocycles. The number of rotatable bonds is 11. The van der Waals surface area contributed by atoms with Crippen molar-refractivity contribution in [2.45, 2.75) is 77.7 Å². The van der Waals surface area contributed by atoms with Crippen molar-refractivity contribution in [2.24, 2.45) is 7.05 Å². The van der Waals surface area contributed by atoms with Gasteiger partial charge in [-0.05, 0) is 18.1 Å². The highest BCUT2D eigenvalue weighted by Crippen LogP contribution is 2.37. The van der Waals surface area contributed by atoms with Crippen molar-refractivity contribution in [1.82, 2.24) is 14.1 Å². The average Bonchev–Trinajstić information content (AvgIpc) is 2.87. The first-order chi connectivity index (χ1) is 17.0. The quantitative estimate of drug-likeness (QED) is 0.287. The highest BCUT2D eigenvalue weighted by Gasteiger charge is 2.35. The van der Waals surface area contributed by atoms with Crippen LogP contribution in [0.15, 0.2) is 39.9 Å². The van der Waals surface area contributed by atoms with E-state index in [9.17, 15) is 19.2 Å². The number of nitrogens with zero attached hydrogens (tertiary/aromatic N) is 3. The summed E-state index contributed by atoms with van der Waals surface area (Å²) in [6.45, 7) is 2.63. The molecule has 2 heterocycles. The minimum absolute atomic E-state index is 0.174. The summed E-state index contributed by atoms with van der Waals surface area (Å²) in [4.78, 5) is 55.5. The molecule has 1 aromatic rings. The van der Waals surface area contributed by atoms with Crippen LogP contribution in [0, 0.1) is 0 Å². The molecule has 3 aliphatic rings. The van der Waals surface area contributed by atoms with Crippen LogP contribution in [0.1, 0.15) is 92.0 Å². The zero-order valence-electron chi connectivity index (χ0n) is 20.6. The second kappa shape index (κ2) is 10.9. The maximum atomic E-state index is 13.2. The number of Topliss-reactive ketones (excluding diaryl/α,β-unsaturated/α-hetero) is 2. The van der Waals surface area contributed by atoms with Gasteiger partial charge in [-0.25, -0.2) is 4.79 Å². The Kier molecular flexibility index (Phi) is 7.73. The van der Waals surface area contributed by atoms with E-state index in [2.05, 4.69) is 11.9 Å². The van der Waals surface area contributed by atoms with E-state index in [1.54, 1.807) is 34.9 Å². The first kappa shape index (κ1) is 24.8. The van der Waals surface area contributed by atoms with E-state index in [1.165, 1.54) is 52.0 Å². The summed E-state index contributed by atoms with van der Waals surface area (Å²) in [5, 5.41) is 0. The molecule has 7 nitrogen and oxygen atoms in total. The van der Waals surface area contributed by atoms with E-state index in [4.69, 9.17) is 0 Å². The molecular formula is C28H33N3O4. The summed E-state index contributed by atoms with van der Waals surface area (Å²) in [6, 6.07) is 8.55. The summed E-state index contributed by atoms with van der Waals surface area (Å²) in [5.74, 6) is -1.02. The minimum Gasteiger partial charge on any atom is -0.322 e. The summed E-state index contributed by atoms with van der Waals surface area (Å²) in [5.41, 5.74) is 0.865. The molecule has 0 spiro atoms. The van der Waals surface area contributed by atoms with Crippen LogP contribution in [0.2, 0.25) is 0 Å². The second-order valence-electron chi connectivity index (χ2n) is 9.44. The van der Waals surface area contributed by atoms with Gasteiger partial charge in [0, 0.05) is 24.7 Å². The van der Waals surface area contributed by atoms with E-state index < -0.39 is 22.8 Å². The lowest BCUT2D eigenvalue weighted by Gasteiger charge is -2.25. The van der Waals surface area contributed by atoms with Crippen molar-refractivity contribution in [1.29, 1.82) is 0 Å². The Balaban J connectivity index is 1.62. The molecule has 0 N–H and O–H groups in total. The number of hydrogen-bond donors (Lipinski definition) is 0. The fraction of sp³-hybridized carbons (Fsp3) is 0.464. The van der Waals surface area contributed by atoms with Crippen LogP contribution in [-0.4, -0.2) is 25.7 Å². The molecule has 1 aromatic carbocycles. The number of hydrogen-bond acceptors (Lipinski definition) is 5. The zero-order valence-corrected chi connectivity index (χ0v) is 20.6. The fourth-order valence-corrected chi connectivity index (χ4v) is 4.96. The molecule has 4 rings (SSSR count). The van der Waals surface area contributed by atoms with Gasteiger partial charge in [0.05, 0.1) is 5.56 Å². The van der Waals surface area contributed by atoms with E-state index >= 15 is 0 Å². The van der Waals surface area contributed by atoms with Gasteiger partial charge in [-0.1, -0.05) is 89.0 Å². The Hall–Kier alpha value is -3.35. The van der Waals surface area contributed by atoms with Crippen molar-refractivity contribution in [2.75, 3.05) is 0 Å². The Morgan fingerprint density at radius 1 is 0.714 bits per heavy atom. The summed E-state index contributed by atoms with van der Waals surface area (Å²) >= 11 is 0. The smallest absolute Gasteiger partial charge is 0.322 e. The van der Waals surface area contributed by atoms with E-state index in [0.717, 1.165) is 23.8 Å². The van der Waals surface area contributed by atoms with Crippen molar-refractivity contribution in [3.63, 3.8) is 0 Å². The van der Waals surface area contributed by atoms with E-state index in [0.29, 0.717) is 23.2 Å². The third-order valence-electron chi connectivity index (χ3n) is 6.95. The molecule has 0 fully saturated rings. The van der Waals surface area contributed by atoms with Crippen LogP contribution in [0.3, 0.4) is 0 Å². The van der Waals surface area contributed by atoms with Gasteiger partial charge in [0.25, 0.3) is 11.3 Å². The highest BCUT2D eigenvalue weighted by molar-refractivity contribution is 6.52. The third-order valence-corrected chi connectivity index (χ3v) is 6.95. The van der Waals surface area contributed by atoms with Crippen LogP contribution >= 0.6 is 0 Å². The Morgan fingerprint density at radius 3 is 1.97 bits per heavy atom. The van der Waals surface area contributed by atoms with E-state index in [1.807, 2.05) is 0 Å². The van der Waals surface area contributed by atoms with Gasteiger partial charge in [-0.15, -0.1) is 0 Å². The number of unbranched alkanes of at least 4 members (excludes halogenated alkanes) is 9. The number of carbonyl (C=O) groups excluding carboxylic acids is 2. The van der Waals surface area contributed by atoms with Crippen molar-refractivity contribution < 1.29 is 9.59 Å². The topological polar surface area (TPSA) is 91.0 Å². The minimum atomic E-state index is -0.672. The van der Waals surface area contributed by atoms with Gasteiger partial charge < -0.3 is 4.57 Å². The monoisotopic (exact) mass is 475 g/mol. The van der Waals surface area contributed by atoms with Gasteiger partial charge in [0.1, 0.15) is 5.69 Å². The number of aromatic nitrogens is 3. The third kappa shape index (κ3) is 4.90. The Labute approximate surface area is 205 Å². The lowest BCUT2D eigenvalue weighted by atomic mass is 9.85. The molecule has 0 unspecified atom stereocenters. The average molecular weight is 476 g/mol. The maximum Gasteiger partial charge on any atom is 0.352 e. The first-order valence-corrected chi connectivity index (χ1v) is 12.8. The number of pyridine rings is 1. The Morgan fingerprint density at radius 2 is 1.31 bits per heavy atom. The molecule has 0 atom stereocenters. The van der Waals surface area contributed by atoms with Gasteiger partial charge in [0.2, 0.25) is 5.78 Å². The molecule has 0 saturated heterocycles. The van der Waals surface area contributed by atoms with Crippen molar-refractivity contribution in [3.8, 4) is 22.5 Å². The lowest BCUT2D eigenvalue weighted by Crippen LogP contribution is -2.37. The normalized spacial score (nSPS) is 12.7. The second-order valence-corrected chi connectivity index (χ2v) is 9.44. The zero-order chi connectivity index (χ0) is 24.9. The molecule has 0 saturated carbocycles. The molecule has 0 amide bonds. The van der Waals surface area contributed by atoms with Gasteiger partial charge >= 0.3 is 5.69 Å². The molecule has 0 radical (unpaired) electrons. The maximum absolute atomic E-state index is 13.2. The van der Waals surface area contributed by atoms with Gasteiger partial charge in [0.15, 0.2) is 5.82 Å². The molecule has 184 valence electrons. The molecule has 2 aliphatic heterocycles. The number of ketones is 2. The first-order valence-electron chi connectivity index (χ1n) is 12.8. The van der Waals surface area contributed by atoms with Crippen LogP contribution in [0.25, 0.3) is 22.5 Å². The predicted molar refractivity (Wildman–Crippen MR) is 136 cm³/mol. The number of benzene rings is 1. The molecule has 0 bridgehead atoms. The SMILES string of the molecule is CCCCCCCCCCCCn1c2nc(=O)n(C)c(=O)c-2cc2c1C(=O)C(=O)c1ccccc1-2. The molecule has 7 heteroatoms.